The number of hydrogen-bond donors (Lipinski definition) is 12. The summed E-state index contributed by atoms with van der Waals surface area (Å²) in [7, 11) is 0. The Labute approximate surface area is 419 Å². The van der Waals surface area contributed by atoms with Gasteiger partial charge in [0.2, 0.25) is 0 Å². The Hall–Kier alpha value is -1.17. The molecule has 0 aromatic rings. The highest BCUT2D eigenvalue weighted by Gasteiger charge is 2.71. The van der Waals surface area contributed by atoms with Crippen LogP contribution in [0, 0.1) is 52.3 Å². The third kappa shape index (κ3) is 8.88. The molecule has 10 aliphatic rings. The Kier molecular flexibility index (Phi) is 15.5. The zero-order valence-electron chi connectivity index (χ0n) is 41.7. The van der Waals surface area contributed by atoms with Gasteiger partial charge in [-0.1, -0.05) is 27.7 Å². The van der Waals surface area contributed by atoms with Gasteiger partial charge in [0, 0.05) is 30.6 Å². The van der Waals surface area contributed by atoms with Gasteiger partial charge in [-0.2, -0.15) is 0 Å². The first kappa shape index (κ1) is 54.2. The second-order valence-electron chi connectivity index (χ2n) is 24.0. The standard InChI is InChI=1S/C50H81NO21/c1-20-5-8-27-21(2)43-49(4)12-10-25-24(26(49)14-50(43,64)51(27)15-20)7-6-22-13-23(9-11-48(22,25)3)66-45-39(63)36(60)40(31(18-54)69-45)70-47-42(72-46-38(62)35(59)33(57)29(16-52)67-46)41(34(58)30(17-53)68-47)71-44-37(61)32(56)28(55)19-65-44/h20-26,28-47,52-63H,5-19H2,1-4H3/t20-,21+,22-,23-,24+,25-,26-,28+,29+,30+,31+,32-,33+,34+,35-,36+,37+,38+,39+,40-,41-,42+,43+,44-,45+,46-,47-,48-,49-,50-/m0/s1. The molecule has 4 saturated carbocycles. The summed E-state index contributed by atoms with van der Waals surface area (Å²) in [6.45, 7) is 7.33. The van der Waals surface area contributed by atoms with E-state index in [9.17, 15) is 61.3 Å². The van der Waals surface area contributed by atoms with Crippen molar-refractivity contribution in [3.05, 3.63) is 0 Å². The molecule has 6 heterocycles. The fraction of sp³-hybridized carbons (Fsp3) is 0.980. The summed E-state index contributed by atoms with van der Waals surface area (Å²) >= 11 is 0. The maximum absolute atomic E-state index is 15.2. The number of rotatable bonds is 11. The molecule has 12 N–H and O–H groups in total. The molecule has 6 aliphatic heterocycles. The molecule has 22 nitrogen and oxygen atoms in total. The number of fused-ring (bicyclic) bond motifs is 8. The van der Waals surface area contributed by atoms with Crippen LogP contribution in [-0.2, 0) is 37.9 Å². The molecule has 30 atom stereocenters. The minimum Gasteiger partial charge on any atom is -0.795 e. The van der Waals surface area contributed by atoms with Gasteiger partial charge in [0.05, 0.1) is 32.5 Å². The SMILES string of the molecule is C[C@H]1CCC2=[N+](C1)[C@]1([O-])C[C@H]3[C@@H]4CC[C@H]5C[C@@H](O[C@@H]6O[C@H](CO)[C@H](O[C@@H]7O[C@H](CO)[C@@H](O)[C@H](O[C@@H]8OC[C@@H](O)[C@H](O)[C@H]8O)[C@H]7O[C@@H]7O[C@H](CO)[C@@H](O)[C@H](O)[C@H]7O)[C@H](O)[C@H]6O)CC[C@]5(C)[C@H]4CC[C@]3(C)[C@H]1[C@@H]2C. The first-order valence-electron chi connectivity index (χ1n) is 26.7. The van der Waals surface area contributed by atoms with Crippen LogP contribution in [0.3, 0.4) is 0 Å². The van der Waals surface area contributed by atoms with Crippen LogP contribution in [0.5, 0.6) is 0 Å². The first-order valence-corrected chi connectivity index (χ1v) is 26.7. The number of aliphatic hydroxyl groups excluding tert-OH is 12. The van der Waals surface area contributed by atoms with E-state index in [-0.39, 0.29) is 22.9 Å². The van der Waals surface area contributed by atoms with Gasteiger partial charge in [-0.05, 0) is 85.9 Å². The largest absolute Gasteiger partial charge is 0.795 e. The molecule has 0 radical (unpaired) electrons. The van der Waals surface area contributed by atoms with Crippen molar-refractivity contribution in [3.63, 3.8) is 0 Å². The second-order valence-corrected chi connectivity index (χ2v) is 24.0. The van der Waals surface area contributed by atoms with E-state index in [1.165, 1.54) is 5.71 Å². The summed E-state index contributed by atoms with van der Waals surface area (Å²) in [5.74, 6) is 2.58. The predicted octanol–water partition coefficient (Wildman–Crippen LogP) is -3.86. The lowest BCUT2D eigenvalue weighted by molar-refractivity contribution is -0.787. The minimum atomic E-state index is -2.00. The molecule has 10 rings (SSSR count). The van der Waals surface area contributed by atoms with Crippen molar-refractivity contribution >= 4 is 5.71 Å². The van der Waals surface area contributed by atoms with Crippen molar-refractivity contribution in [2.24, 2.45) is 52.3 Å². The molecular weight excluding hydrogens is 951 g/mol. The maximum atomic E-state index is 15.2. The molecule has 0 amide bonds. The first-order chi connectivity index (χ1) is 34.2. The molecule has 0 spiro atoms. The van der Waals surface area contributed by atoms with Gasteiger partial charge in [-0.15, -0.1) is 0 Å². The fourth-order valence-corrected chi connectivity index (χ4v) is 16.3. The summed E-state index contributed by atoms with van der Waals surface area (Å²) < 4.78 is 50.2. The van der Waals surface area contributed by atoms with Gasteiger partial charge in [0.15, 0.2) is 30.9 Å². The van der Waals surface area contributed by atoms with Gasteiger partial charge in [0.1, 0.15) is 104 Å². The third-order valence-corrected chi connectivity index (χ3v) is 20.1. The normalized spacial score (nSPS) is 56.7. The Balaban J connectivity index is 0.827. The summed E-state index contributed by atoms with van der Waals surface area (Å²) in [5, 5.41) is 145. The maximum Gasteiger partial charge on any atom is 0.187 e. The van der Waals surface area contributed by atoms with Crippen LogP contribution in [0.1, 0.15) is 91.9 Å². The van der Waals surface area contributed by atoms with E-state index in [0.717, 1.165) is 51.5 Å². The number of nitrogens with zero attached hydrogens (tertiary/aromatic N) is 1. The number of hydrogen-bond acceptors (Lipinski definition) is 21. The van der Waals surface area contributed by atoms with Crippen LogP contribution in [0.25, 0.3) is 0 Å². The second kappa shape index (κ2) is 20.6. The van der Waals surface area contributed by atoms with Crippen molar-refractivity contribution in [2.75, 3.05) is 33.0 Å². The van der Waals surface area contributed by atoms with Crippen LogP contribution in [0.2, 0.25) is 0 Å². The lowest BCUT2D eigenvalue weighted by Crippen LogP contribution is -2.68. The monoisotopic (exact) mass is 1030 g/mol. The summed E-state index contributed by atoms with van der Waals surface area (Å²) in [5.41, 5.74) is 0.388. The topological polar surface area (TPSA) is 343 Å². The van der Waals surface area contributed by atoms with Crippen molar-refractivity contribution in [3.8, 4) is 0 Å². The summed E-state index contributed by atoms with van der Waals surface area (Å²) in [4.78, 5) is 0. The number of aliphatic hydroxyl groups is 12. The third-order valence-electron chi connectivity index (χ3n) is 20.1. The van der Waals surface area contributed by atoms with Crippen molar-refractivity contribution in [1.29, 1.82) is 0 Å². The molecule has 4 saturated heterocycles. The van der Waals surface area contributed by atoms with E-state index in [1.54, 1.807) is 0 Å². The van der Waals surface area contributed by atoms with E-state index >= 15 is 5.11 Å². The molecule has 0 unspecified atom stereocenters. The quantitative estimate of drug-likeness (QED) is 0.0696. The van der Waals surface area contributed by atoms with Gasteiger partial charge in [-0.3, -0.25) is 0 Å². The summed E-state index contributed by atoms with van der Waals surface area (Å²) in [6, 6.07) is 0. The Morgan fingerprint density at radius 1 is 0.597 bits per heavy atom. The van der Waals surface area contributed by atoms with Crippen molar-refractivity contribution in [2.45, 2.75) is 220 Å². The van der Waals surface area contributed by atoms with E-state index < -0.39 is 149 Å². The van der Waals surface area contributed by atoms with Crippen molar-refractivity contribution < 1.29 is 109 Å². The zero-order valence-corrected chi connectivity index (χ0v) is 41.7. The van der Waals surface area contributed by atoms with E-state index in [2.05, 4.69) is 32.3 Å². The lowest BCUT2D eigenvalue weighted by atomic mass is 9.44. The predicted molar refractivity (Wildman–Crippen MR) is 242 cm³/mol. The van der Waals surface area contributed by atoms with Gasteiger partial charge in [0.25, 0.3) is 0 Å². The van der Waals surface area contributed by atoms with Crippen LogP contribution in [0.4, 0.5) is 0 Å². The smallest absolute Gasteiger partial charge is 0.187 e. The van der Waals surface area contributed by atoms with Crippen molar-refractivity contribution in [1.82, 2.24) is 0 Å². The zero-order chi connectivity index (χ0) is 51.5. The average molecular weight is 1030 g/mol. The molecule has 412 valence electrons. The highest BCUT2D eigenvalue weighted by atomic mass is 16.8. The average Bonchev–Trinajstić information content (AvgIpc) is 3.74. The van der Waals surface area contributed by atoms with E-state index in [0.29, 0.717) is 54.8 Å². The highest BCUT2D eigenvalue weighted by Crippen LogP contribution is 2.71. The molecule has 4 aliphatic carbocycles. The van der Waals surface area contributed by atoms with E-state index in [4.69, 9.17) is 37.9 Å². The molecule has 72 heavy (non-hydrogen) atoms. The summed E-state index contributed by atoms with van der Waals surface area (Å²) in [6.07, 6.45) is -24.1. The van der Waals surface area contributed by atoms with E-state index in [1.807, 2.05) is 0 Å². The molecule has 0 bridgehead atoms. The lowest BCUT2D eigenvalue weighted by Gasteiger charge is -2.61. The minimum absolute atomic E-state index is 0.00140. The number of ether oxygens (including phenoxy) is 8. The molecular formula is C50H81NO21. The molecule has 22 heteroatoms. The van der Waals surface area contributed by atoms with Gasteiger partial charge in [-0.25, -0.2) is 4.58 Å². The Morgan fingerprint density at radius 3 is 1.93 bits per heavy atom. The van der Waals surface area contributed by atoms with Crippen LogP contribution < -0.4 is 5.11 Å². The fourth-order valence-electron chi connectivity index (χ4n) is 16.3. The Morgan fingerprint density at radius 2 is 1.21 bits per heavy atom. The van der Waals surface area contributed by atoms with Gasteiger partial charge >= 0.3 is 0 Å². The highest BCUT2D eigenvalue weighted by molar-refractivity contribution is 5.84. The molecule has 0 aromatic heterocycles. The molecule has 0 aromatic carbocycles. The van der Waals surface area contributed by atoms with Crippen LogP contribution >= 0.6 is 0 Å². The van der Waals surface area contributed by atoms with Gasteiger partial charge < -0.3 is 104 Å². The Bertz CT molecular complexity index is 1930. The molecule has 8 fully saturated rings. The van der Waals surface area contributed by atoms with Crippen LogP contribution in [-0.4, -0.2) is 233 Å². The van der Waals surface area contributed by atoms with Crippen LogP contribution in [0.15, 0.2) is 0 Å².